The number of carbonyl (C=O) groups is 2. The van der Waals surface area contributed by atoms with Crippen molar-refractivity contribution in [1.82, 2.24) is 0 Å². The summed E-state index contributed by atoms with van der Waals surface area (Å²) >= 11 is 6.15. The number of hydrogen-bond acceptors (Lipinski definition) is 7. The van der Waals surface area contributed by atoms with E-state index in [1.165, 1.54) is 24.3 Å². The minimum absolute atomic E-state index is 0.110. The van der Waals surface area contributed by atoms with E-state index in [-0.39, 0.29) is 34.7 Å². The summed E-state index contributed by atoms with van der Waals surface area (Å²) in [4.78, 5) is 35.4. The topological polar surface area (TPSA) is 134 Å². The fourth-order valence-electron chi connectivity index (χ4n) is 2.89. The second kappa shape index (κ2) is 10.7. The molecule has 3 rings (SSSR count). The molecule has 3 aromatic carbocycles. The van der Waals surface area contributed by atoms with Gasteiger partial charge in [0.2, 0.25) is 0 Å². The quantitative estimate of drug-likeness (QED) is 0.284. The molecule has 0 unspecified atom stereocenters. The zero-order valence-electron chi connectivity index (χ0n) is 17.1. The Morgan fingerprint density at radius 2 is 1.79 bits per heavy atom. The lowest BCUT2D eigenvalue weighted by Gasteiger charge is -2.13. The van der Waals surface area contributed by atoms with Gasteiger partial charge >= 0.3 is 5.97 Å². The maximum absolute atomic E-state index is 12.7. The summed E-state index contributed by atoms with van der Waals surface area (Å²) in [5.74, 6) is -1.59. The van der Waals surface area contributed by atoms with Crippen molar-refractivity contribution in [3.05, 3.63) is 98.6 Å². The summed E-state index contributed by atoms with van der Waals surface area (Å²) in [5, 5.41) is 26.3. The number of ether oxygens (including phenoxy) is 1. The van der Waals surface area contributed by atoms with Gasteiger partial charge in [-0.15, -0.1) is 0 Å². The number of amides is 1. The van der Waals surface area contributed by atoms with Crippen LogP contribution >= 0.6 is 11.6 Å². The van der Waals surface area contributed by atoms with Crippen LogP contribution in [-0.2, 0) is 16.1 Å². The van der Waals surface area contributed by atoms with Crippen LogP contribution < -0.4 is 10.6 Å². The number of nitrogens with one attached hydrogen (secondary N) is 2. The molecule has 0 heterocycles. The van der Waals surface area contributed by atoms with E-state index in [0.717, 1.165) is 11.6 Å². The molecule has 0 saturated heterocycles. The van der Waals surface area contributed by atoms with E-state index < -0.39 is 23.4 Å². The molecule has 0 fully saturated rings. The number of hydrogen-bond donors (Lipinski definition) is 2. The van der Waals surface area contributed by atoms with Gasteiger partial charge in [0, 0.05) is 29.4 Å². The molecule has 33 heavy (non-hydrogen) atoms. The Hall–Kier alpha value is -4.42. The fourth-order valence-corrected chi connectivity index (χ4v) is 3.09. The van der Waals surface area contributed by atoms with Crippen LogP contribution in [0.4, 0.5) is 17.1 Å². The standard InChI is InChI=1S/C23H17ClN4O5/c24-19-7-3-1-6-16(19)13-26-21-10-9-17(28(31)32)11-18(21)23(30)33-14-22(29)27-20-8-4-2-5-15(20)12-25/h1-11,26H,13-14H2,(H,27,29). The number of non-ortho nitro benzene ring substituents is 1. The SMILES string of the molecule is N#Cc1ccccc1NC(=O)COC(=O)c1cc([N+](=O)[O-])ccc1NCc1ccccc1Cl. The van der Waals surface area contributed by atoms with Crippen LogP contribution in [-0.4, -0.2) is 23.4 Å². The summed E-state index contributed by atoms with van der Waals surface area (Å²) in [6.07, 6.45) is 0. The van der Waals surface area contributed by atoms with E-state index in [4.69, 9.17) is 21.6 Å². The van der Waals surface area contributed by atoms with Crippen molar-refractivity contribution < 1.29 is 19.2 Å². The first-order valence-electron chi connectivity index (χ1n) is 9.61. The van der Waals surface area contributed by atoms with Crippen LogP contribution in [0, 0.1) is 21.4 Å². The Balaban J connectivity index is 1.72. The fraction of sp³-hybridized carbons (Fsp3) is 0.0870. The maximum atomic E-state index is 12.7. The van der Waals surface area contributed by atoms with Crippen LogP contribution in [0.3, 0.4) is 0 Å². The zero-order valence-corrected chi connectivity index (χ0v) is 17.8. The van der Waals surface area contributed by atoms with E-state index in [9.17, 15) is 19.7 Å². The number of nitro groups is 1. The van der Waals surface area contributed by atoms with E-state index in [1.54, 1.807) is 36.4 Å². The average Bonchev–Trinajstić information content (AvgIpc) is 2.82. The third-order valence-corrected chi connectivity index (χ3v) is 4.89. The second-order valence-corrected chi connectivity index (χ2v) is 7.12. The smallest absolute Gasteiger partial charge is 0.341 e. The molecule has 0 aliphatic heterocycles. The van der Waals surface area contributed by atoms with Gasteiger partial charge in [0.25, 0.3) is 11.6 Å². The number of nitriles is 1. The maximum Gasteiger partial charge on any atom is 0.341 e. The van der Waals surface area contributed by atoms with Gasteiger partial charge in [0.15, 0.2) is 6.61 Å². The molecule has 0 atom stereocenters. The van der Waals surface area contributed by atoms with E-state index in [2.05, 4.69) is 10.6 Å². The molecule has 0 bridgehead atoms. The summed E-state index contributed by atoms with van der Waals surface area (Å²) in [7, 11) is 0. The summed E-state index contributed by atoms with van der Waals surface area (Å²) < 4.78 is 5.06. The lowest BCUT2D eigenvalue weighted by molar-refractivity contribution is -0.384. The van der Waals surface area contributed by atoms with Crippen molar-refractivity contribution in [2.45, 2.75) is 6.54 Å². The average molecular weight is 465 g/mol. The van der Waals surface area contributed by atoms with Gasteiger partial charge in [-0.05, 0) is 29.8 Å². The van der Waals surface area contributed by atoms with Crippen molar-refractivity contribution in [2.75, 3.05) is 17.2 Å². The lowest BCUT2D eigenvalue weighted by Crippen LogP contribution is -2.22. The predicted octanol–water partition coefficient (Wildman–Crippen LogP) is 4.53. The van der Waals surface area contributed by atoms with Crippen molar-refractivity contribution in [3.63, 3.8) is 0 Å². The molecule has 3 aromatic rings. The molecule has 166 valence electrons. The van der Waals surface area contributed by atoms with Crippen molar-refractivity contribution in [1.29, 1.82) is 5.26 Å². The molecule has 0 aliphatic carbocycles. The molecule has 0 spiro atoms. The van der Waals surface area contributed by atoms with Crippen LogP contribution in [0.1, 0.15) is 21.5 Å². The monoisotopic (exact) mass is 464 g/mol. The number of esters is 1. The largest absolute Gasteiger partial charge is 0.452 e. The highest BCUT2D eigenvalue weighted by Crippen LogP contribution is 2.25. The Bertz CT molecular complexity index is 1260. The van der Waals surface area contributed by atoms with Crippen molar-refractivity contribution >= 4 is 40.5 Å². The summed E-state index contributed by atoms with van der Waals surface area (Å²) in [6.45, 7) is -0.394. The highest BCUT2D eigenvalue weighted by atomic mass is 35.5. The molecule has 0 aromatic heterocycles. The number of rotatable bonds is 8. The molecule has 0 aliphatic rings. The van der Waals surface area contributed by atoms with E-state index >= 15 is 0 Å². The number of anilines is 2. The van der Waals surface area contributed by atoms with Gasteiger partial charge in [0.05, 0.1) is 21.7 Å². The van der Waals surface area contributed by atoms with Crippen LogP contribution in [0.15, 0.2) is 66.7 Å². The molecule has 10 heteroatoms. The number of benzene rings is 3. The summed E-state index contributed by atoms with van der Waals surface area (Å²) in [5.41, 5.74) is 1.15. The highest BCUT2D eigenvalue weighted by Gasteiger charge is 2.19. The number of para-hydroxylation sites is 1. The normalized spacial score (nSPS) is 10.1. The Labute approximate surface area is 193 Å². The van der Waals surface area contributed by atoms with Crippen LogP contribution in [0.5, 0.6) is 0 Å². The van der Waals surface area contributed by atoms with Crippen LogP contribution in [0.2, 0.25) is 5.02 Å². The van der Waals surface area contributed by atoms with E-state index in [1.807, 2.05) is 6.07 Å². The Morgan fingerprint density at radius 3 is 2.52 bits per heavy atom. The second-order valence-electron chi connectivity index (χ2n) is 6.71. The molecule has 0 saturated carbocycles. The highest BCUT2D eigenvalue weighted by molar-refractivity contribution is 6.31. The van der Waals surface area contributed by atoms with Crippen molar-refractivity contribution in [3.8, 4) is 6.07 Å². The number of carbonyl (C=O) groups excluding carboxylic acids is 2. The van der Waals surface area contributed by atoms with E-state index in [0.29, 0.717) is 5.02 Å². The molecular weight excluding hydrogens is 448 g/mol. The molecule has 2 N–H and O–H groups in total. The predicted molar refractivity (Wildman–Crippen MR) is 122 cm³/mol. The first-order chi connectivity index (χ1) is 15.9. The Kier molecular flexibility index (Phi) is 7.57. The van der Waals surface area contributed by atoms with Gasteiger partial charge < -0.3 is 15.4 Å². The number of nitro benzene ring substituents is 1. The first kappa shape index (κ1) is 23.2. The molecule has 9 nitrogen and oxygen atoms in total. The minimum atomic E-state index is -0.927. The molecule has 0 radical (unpaired) electrons. The van der Waals surface area contributed by atoms with Gasteiger partial charge in [-0.3, -0.25) is 14.9 Å². The van der Waals surface area contributed by atoms with Crippen molar-refractivity contribution in [2.24, 2.45) is 0 Å². The van der Waals surface area contributed by atoms with Crippen LogP contribution in [0.25, 0.3) is 0 Å². The minimum Gasteiger partial charge on any atom is -0.452 e. The lowest BCUT2D eigenvalue weighted by atomic mass is 10.1. The van der Waals surface area contributed by atoms with Gasteiger partial charge in [0.1, 0.15) is 6.07 Å². The van der Waals surface area contributed by atoms with Gasteiger partial charge in [-0.1, -0.05) is 41.9 Å². The first-order valence-corrected chi connectivity index (χ1v) is 9.98. The zero-order chi connectivity index (χ0) is 23.8. The number of halogens is 1. The third-order valence-electron chi connectivity index (χ3n) is 4.52. The molecule has 1 amide bonds. The van der Waals surface area contributed by atoms with Gasteiger partial charge in [-0.2, -0.15) is 5.26 Å². The summed E-state index contributed by atoms with van der Waals surface area (Å²) in [6, 6.07) is 19.1. The Morgan fingerprint density at radius 1 is 1.06 bits per heavy atom. The third kappa shape index (κ3) is 6.06. The molecular formula is C23H17ClN4O5. The van der Waals surface area contributed by atoms with Gasteiger partial charge in [-0.25, -0.2) is 4.79 Å². The number of nitrogens with zero attached hydrogens (tertiary/aromatic N) is 2.